The summed E-state index contributed by atoms with van der Waals surface area (Å²) in [6, 6.07) is 11.8. The highest BCUT2D eigenvalue weighted by molar-refractivity contribution is 6.30. The number of benzene rings is 1. The largest absolute Gasteiger partial charge is 0.474 e. The lowest BCUT2D eigenvalue weighted by atomic mass is 9.86. The molecule has 38 heavy (non-hydrogen) atoms. The first-order valence-electron chi connectivity index (χ1n) is 13.5. The molecule has 0 saturated heterocycles. The number of hydrogen-bond acceptors (Lipinski definition) is 6. The van der Waals surface area contributed by atoms with Gasteiger partial charge in [0.1, 0.15) is 23.4 Å². The highest BCUT2D eigenvalue weighted by Crippen LogP contribution is 2.38. The Hall–Kier alpha value is -3.13. The van der Waals surface area contributed by atoms with Gasteiger partial charge in [0.05, 0.1) is 5.69 Å². The van der Waals surface area contributed by atoms with Crippen molar-refractivity contribution in [2.24, 2.45) is 5.92 Å². The van der Waals surface area contributed by atoms with Gasteiger partial charge in [-0.2, -0.15) is 0 Å². The lowest BCUT2D eigenvalue weighted by molar-refractivity contribution is 0.0525. The molecule has 1 amide bonds. The van der Waals surface area contributed by atoms with Gasteiger partial charge in [0.2, 0.25) is 5.88 Å². The van der Waals surface area contributed by atoms with Gasteiger partial charge in [0, 0.05) is 36.2 Å². The second kappa shape index (κ2) is 11.3. The lowest BCUT2D eigenvalue weighted by Crippen LogP contribution is -2.33. The minimum atomic E-state index is -0.515. The summed E-state index contributed by atoms with van der Waals surface area (Å²) >= 11 is 6.42. The van der Waals surface area contributed by atoms with Crippen LogP contribution in [0.3, 0.4) is 0 Å². The molecule has 0 bridgehead atoms. The zero-order valence-electron chi connectivity index (χ0n) is 22.3. The van der Waals surface area contributed by atoms with E-state index in [1.54, 1.807) is 6.20 Å². The number of ether oxygens (including phenoxy) is 2. The highest BCUT2D eigenvalue weighted by atomic mass is 35.5. The number of amides is 1. The minimum Gasteiger partial charge on any atom is -0.474 e. The van der Waals surface area contributed by atoms with Crippen LogP contribution in [0.1, 0.15) is 76.0 Å². The Morgan fingerprint density at radius 3 is 2.66 bits per heavy atom. The van der Waals surface area contributed by atoms with Gasteiger partial charge in [0.25, 0.3) is 0 Å². The van der Waals surface area contributed by atoms with Crippen LogP contribution in [0.25, 0.3) is 5.69 Å². The van der Waals surface area contributed by atoms with E-state index < -0.39 is 5.60 Å². The molecule has 2 aliphatic rings. The molecule has 0 unspecified atom stereocenters. The van der Waals surface area contributed by atoms with E-state index in [0.717, 1.165) is 67.3 Å². The highest BCUT2D eigenvalue weighted by Gasteiger charge is 2.32. The van der Waals surface area contributed by atoms with Gasteiger partial charge in [0.15, 0.2) is 0 Å². The second-order valence-corrected chi connectivity index (χ2v) is 11.8. The monoisotopic (exact) mass is 537 g/mol. The molecule has 1 aliphatic heterocycles. The smallest absolute Gasteiger partial charge is 0.407 e. The number of pyridine rings is 1. The number of fused-ring (bicyclic) bond motifs is 3. The van der Waals surface area contributed by atoms with Crippen LogP contribution < -0.4 is 10.1 Å². The normalized spacial score (nSPS) is 21.1. The van der Waals surface area contributed by atoms with Gasteiger partial charge in [-0.05, 0) is 95.0 Å². The number of aromatic nitrogens is 4. The summed E-state index contributed by atoms with van der Waals surface area (Å²) in [4.78, 5) is 16.4. The van der Waals surface area contributed by atoms with Gasteiger partial charge < -0.3 is 14.8 Å². The summed E-state index contributed by atoms with van der Waals surface area (Å²) < 4.78 is 13.8. The topological polar surface area (TPSA) is 91.2 Å². The third-order valence-electron chi connectivity index (χ3n) is 7.20. The standard InChI is InChI=1S/C29H36ClN5O3/c1-29(2,3)38-28(36)32-15-13-19-16-21-18-22(30)9-12-24(21)35-25(17-19)33-34-27(35)20-7-10-23(11-8-20)37-26-6-4-5-14-31-26/h4-6,9,12,14,18-20,23H,7-8,10-11,13,15-17H2,1-3H3,(H,32,36)/t19-,20?,23?/m0/s1. The van der Waals surface area contributed by atoms with Gasteiger partial charge in [-0.1, -0.05) is 17.7 Å². The number of halogens is 1. The molecular formula is C29H36ClN5O3. The Morgan fingerprint density at radius 2 is 1.92 bits per heavy atom. The third-order valence-corrected chi connectivity index (χ3v) is 7.44. The van der Waals surface area contributed by atoms with Crippen molar-refractivity contribution in [2.45, 2.75) is 83.3 Å². The molecule has 1 N–H and O–H groups in total. The van der Waals surface area contributed by atoms with E-state index in [9.17, 15) is 4.79 Å². The summed E-state index contributed by atoms with van der Waals surface area (Å²) in [5.74, 6) is 3.28. The lowest BCUT2D eigenvalue weighted by Gasteiger charge is -2.28. The molecule has 202 valence electrons. The summed E-state index contributed by atoms with van der Waals surface area (Å²) in [6.45, 7) is 6.13. The van der Waals surface area contributed by atoms with Crippen molar-refractivity contribution in [1.82, 2.24) is 25.1 Å². The van der Waals surface area contributed by atoms with Crippen LogP contribution in [0.2, 0.25) is 5.02 Å². The van der Waals surface area contributed by atoms with E-state index in [4.69, 9.17) is 26.2 Å². The number of rotatable bonds is 6. The first-order chi connectivity index (χ1) is 18.2. The number of carbonyl (C=O) groups is 1. The minimum absolute atomic E-state index is 0.167. The summed E-state index contributed by atoms with van der Waals surface area (Å²) in [6.07, 6.45) is 7.88. The van der Waals surface area contributed by atoms with Crippen molar-refractivity contribution in [2.75, 3.05) is 6.54 Å². The Morgan fingerprint density at radius 1 is 1.11 bits per heavy atom. The predicted octanol–water partition coefficient (Wildman–Crippen LogP) is 6.05. The average Bonchev–Trinajstić information content (AvgIpc) is 3.20. The molecular weight excluding hydrogens is 502 g/mol. The van der Waals surface area contributed by atoms with Crippen LogP contribution >= 0.6 is 11.6 Å². The molecule has 1 fully saturated rings. The summed E-state index contributed by atoms with van der Waals surface area (Å²) in [7, 11) is 0. The van der Waals surface area contributed by atoms with Gasteiger partial charge in [-0.15, -0.1) is 10.2 Å². The van der Waals surface area contributed by atoms with Crippen LogP contribution in [-0.2, 0) is 17.6 Å². The molecule has 1 aliphatic carbocycles. The predicted molar refractivity (Wildman–Crippen MR) is 146 cm³/mol. The van der Waals surface area contributed by atoms with E-state index in [0.29, 0.717) is 24.3 Å². The fraction of sp³-hybridized carbons (Fsp3) is 0.517. The number of carbonyl (C=O) groups excluding carboxylic acids is 1. The molecule has 5 rings (SSSR count). The van der Waals surface area contributed by atoms with E-state index >= 15 is 0 Å². The summed E-state index contributed by atoms with van der Waals surface area (Å²) in [5, 5.41) is 13.0. The van der Waals surface area contributed by atoms with Crippen LogP contribution in [-0.4, -0.2) is 44.1 Å². The van der Waals surface area contributed by atoms with E-state index in [1.165, 1.54) is 5.56 Å². The molecule has 2 aromatic heterocycles. The molecule has 0 radical (unpaired) electrons. The maximum Gasteiger partial charge on any atom is 0.407 e. The quantitative estimate of drug-likeness (QED) is 0.411. The molecule has 3 heterocycles. The number of alkyl carbamates (subject to hydrolysis) is 1. The van der Waals surface area contributed by atoms with Gasteiger partial charge in [-0.25, -0.2) is 9.78 Å². The number of nitrogens with zero attached hydrogens (tertiary/aromatic N) is 4. The molecule has 9 heteroatoms. The Balaban J connectivity index is 1.29. The molecule has 1 saturated carbocycles. The van der Waals surface area contributed by atoms with Crippen molar-refractivity contribution in [1.29, 1.82) is 0 Å². The maximum absolute atomic E-state index is 12.1. The Labute approximate surface area is 229 Å². The zero-order valence-corrected chi connectivity index (χ0v) is 23.1. The van der Waals surface area contributed by atoms with Gasteiger partial charge in [-0.3, -0.25) is 4.57 Å². The van der Waals surface area contributed by atoms with Crippen molar-refractivity contribution < 1.29 is 14.3 Å². The first kappa shape index (κ1) is 26.5. The molecule has 1 aromatic carbocycles. The van der Waals surface area contributed by atoms with Gasteiger partial charge >= 0.3 is 6.09 Å². The van der Waals surface area contributed by atoms with Crippen LogP contribution in [0, 0.1) is 5.92 Å². The van der Waals surface area contributed by atoms with Crippen molar-refractivity contribution in [3.8, 4) is 11.6 Å². The van der Waals surface area contributed by atoms with Crippen LogP contribution in [0.5, 0.6) is 5.88 Å². The Bertz CT molecular complexity index is 1250. The number of nitrogens with one attached hydrogen (secondary N) is 1. The summed E-state index contributed by atoms with van der Waals surface area (Å²) in [5.41, 5.74) is 1.78. The fourth-order valence-corrected chi connectivity index (χ4v) is 5.68. The van der Waals surface area contributed by atoms with E-state index in [2.05, 4.69) is 32.1 Å². The van der Waals surface area contributed by atoms with E-state index in [1.807, 2.05) is 45.0 Å². The fourth-order valence-electron chi connectivity index (χ4n) is 5.49. The molecule has 0 spiro atoms. The van der Waals surface area contributed by atoms with Crippen LogP contribution in [0.4, 0.5) is 4.79 Å². The SMILES string of the molecule is CC(C)(C)OC(=O)NCC[C@H]1Cc2cc(Cl)ccc2-n2c(nnc2C2CCC(Oc3ccccn3)CC2)C1. The van der Waals surface area contributed by atoms with Crippen LogP contribution in [0.15, 0.2) is 42.6 Å². The van der Waals surface area contributed by atoms with E-state index in [-0.39, 0.29) is 12.2 Å². The molecule has 1 atom stereocenters. The molecule has 8 nitrogen and oxygen atoms in total. The van der Waals surface area contributed by atoms with Crippen molar-refractivity contribution >= 4 is 17.7 Å². The van der Waals surface area contributed by atoms with Crippen molar-refractivity contribution in [3.63, 3.8) is 0 Å². The number of hydrogen-bond donors (Lipinski definition) is 1. The first-order valence-corrected chi connectivity index (χ1v) is 13.9. The van der Waals surface area contributed by atoms with Crippen molar-refractivity contribution in [3.05, 3.63) is 64.8 Å². The zero-order chi connectivity index (χ0) is 26.7. The third kappa shape index (κ3) is 6.46. The second-order valence-electron chi connectivity index (χ2n) is 11.3. The maximum atomic E-state index is 12.1. The average molecular weight is 538 g/mol. The molecule has 3 aromatic rings. The Kier molecular flexibility index (Phi) is 7.88.